The van der Waals surface area contributed by atoms with E-state index >= 15 is 4.39 Å². The van der Waals surface area contributed by atoms with Gasteiger partial charge in [0.15, 0.2) is 10.8 Å². The van der Waals surface area contributed by atoms with E-state index in [1.165, 1.54) is 16.2 Å². The quantitative estimate of drug-likeness (QED) is 0.566. The van der Waals surface area contributed by atoms with Crippen LogP contribution in [0.1, 0.15) is 35.8 Å². The summed E-state index contributed by atoms with van der Waals surface area (Å²) in [7, 11) is 0. The third-order valence-corrected chi connectivity index (χ3v) is 6.38. The third kappa shape index (κ3) is 4.36. The van der Waals surface area contributed by atoms with Crippen molar-refractivity contribution in [3.63, 3.8) is 0 Å². The molecule has 3 aromatic rings. The number of nitrogens with zero attached hydrogens (tertiary/aromatic N) is 3. The van der Waals surface area contributed by atoms with Crippen LogP contribution in [0.25, 0.3) is 10.2 Å². The molecule has 10 heteroatoms. The van der Waals surface area contributed by atoms with Crippen LogP contribution in [0.3, 0.4) is 0 Å². The number of aromatic nitrogens is 2. The number of halogens is 2. The Kier molecular flexibility index (Phi) is 5.87. The van der Waals surface area contributed by atoms with Crippen LogP contribution < -0.4 is 5.32 Å². The summed E-state index contributed by atoms with van der Waals surface area (Å²) < 4.78 is 30.9. The standard InChI is InChI=1S/C21H22F2N4O3S/c1-12-2-3-15-17(8-12)31-19(25-15)26-20(30)27-6-4-21(23,5-7-27)18-14(22)9-13(10-24-18)16(29)11-28/h2-3,8-10,16,28-29H,4-7,11H2,1H3,(H,25,26,30)/t16-/m1/s1. The van der Waals surface area contributed by atoms with Crippen LogP contribution in [-0.2, 0) is 5.67 Å². The van der Waals surface area contributed by atoms with Crippen LogP contribution in [0.2, 0.25) is 0 Å². The van der Waals surface area contributed by atoms with Gasteiger partial charge in [-0.15, -0.1) is 0 Å². The number of alkyl halides is 1. The molecule has 2 amide bonds. The van der Waals surface area contributed by atoms with Gasteiger partial charge in [-0.1, -0.05) is 17.4 Å². The van der Waals surface area contributed by atoms with Crippen molar-refractivity contribution in [1.82, 2.24) is 14.9 Å². The molecule has 1 saturated heterocycles. The van der Waals surface area contributed by atoms with Gasteiger partial charge in [0, 0.05) is 37.7 Å². The van der Waals surface area contributed by atoms with Gasteiger partial charge in [0.25, 0.3) is 0 Å². The number of pyridine rings is 1. The SMILES string of the molecule is Cc1ccc2nc(NC(=O)N3CCC(F)(c4ncc([C@H](O)CO)cc4F)CC3)sc2c1. The molecule has 0 saturated carbocycles. The van der Waals surface area contributed by atoms with Crippen molar-refractivity contribution in [2.75, 3.05) is 25.0 Å². The number of benzene rings is 1. The number of aryl methyl sites for hydroxylation is 1. The van der Waals surface area contributed by atoms with E-state index in [0.29, 0.717) is 5.13 Å². The first kappa shape index (κ1) is 21.5. The number of thiazole rings is 1. The van der Waals surface area contributed by atoms with Crippen molar-refractivity contribution < 1.29 is 23.8 Å². The number of nitrogens with one attached hydrogen (secondary N) is 1. The number of rotatable bonds is 4. The Labute approximate surface area is 181 Å². The number of amides is 2. The first-order valence-corrected chi connectivity index (χ1v) is 10.7. The zero-order valence-electron chi connectivity index (χ0n) is 16.8. The molecule has 1 aliphatic heterocycles. The summed E-state index contributed by atoms with van der Waals surface area (Å²) >= 11 is 1.37. The molecule has 0 bridgehead atoms. The number of fused-ring (bicyclic) bond motifs is 1. The monoisotopic (exact) mass is 448 g/mol. The minimum atomic E-state index is -2.02. The molecule has 2 aromatic heterocycles. The molecule has 3 N–H and O–H groups in total. The van der Waals surface area contributed by atoms with E-state index in [1.54, 1.807) is 0 Å². The van der Waals surface area contributed by atoms with E-state index in [2.05, 4.69) is 15.3 Å². The van der Waals surface area contributed by atoms with Gasteiger partial charge in [-0.3, -0.25) is 10.3 Å². The predicted molar refractivity (Wildman–Crippen MR) is 113 cm³/mol. The van der Waals surface area contributed by atoms with E-state index in [0.717, 1.165) is 28.0 Å². The maximum Gasteiger partial charge on any atom is 0.323 e. The lowest BCUT2D eigenvalue weighted by Crippen LogP contribution is -2.45. The minimum Gasteiger partial charge on any atom is -0.393 e. The fraction of sp³-hybridized carbons (Fsp3) is 0.381. The highest BCUT2D eigenvalue weighted by molar-refractivity contribution is 7.22. The van der Waals surface area contributed by atoms with E-state index in [4.69, 9.17) is 5.11 Å². The summed E-state index contributed by atoms with van der Waals surface area (Å²) in [6, 6.07) is 6.43. The second-order valence-corrected chi connectivity index (χ2v) is 8.70. The van der Waals surface area contributed by atoms with Crippen LogP contribution in [-0.4, -0.2) is 50.8 Å². The molecule has 1 fully saturated rings. The molecule has 1 aliphatic rings. The summed E-state index contributed by atoms with van der Waals surface area (Å²) in [6.07, 6.45) is -0.325. The van der Waals surface area contributed by atoms with Crippen LogP contribution in [0, 0.1) is 12.7 Å². The molecular formula is C21H22F2N4O3S. The van der Waals surface area contributed by atoms with Crippen molar-refractivity contribution in [2.45, 2.75) is 31.5 Å². The van der Waals surface area contributed by atoms with Gasteiger partial charge >= 0.3 is 6.03 Å². The van der Waals surface area contributed by atoms with Crippen LogP contribution >= 0.6 is 11.3 Å². The van der Waals surface area contributed by atoms with Crippen LogP contribution in [0.15, 0.2) is 30.5 Å². The molecule has 7 nitrogen and oxygen atoms in total. The van der Waals surface area contributed by atoms with Crippen molar-refractivity contribution in [1.29, 1.82) is 0 Å². The second-order valence-electron chi connectivity index (χ2n) is 7.67. The summed E-state index contributed by atoms with van der Waals surface area (Å²) in [5, 5.41) is 21.8. The Morgan fingerprint density at radius 2 is 2.10 bits per heavy atom. The predicted octanol–water partition coefficient (Wildman–Crippen LogP) is 3.66. The Morgan fingerprint density at radius 3 is 2.77 bits per heavy atom. The number of likely N-dealkylation sites (tertiary alicyclic amines) is 1. The van der Waals surface area contributed by atoms with E-state index in [-0.39, 0.29) is 43.2 Å². The molecule has 0 radical (unpaired) electrons. The molecule has 4 rings (SSSR count). The highest BCUT2D eigenvalue weighted by Gasteiger charge is 2.41. The lowest BCUT2D eigenvalue weighted by molar-refractivity contribution is 0.0639. The minimum absolute atomic E-state index is 0.0789. The fourth-order valence-corrected chi connectivity index (χ4v) is 4.58. The number of piperidine rings is 1. The number of anilines is 1. The highest BCUT2D eigenvalue weighted by Crippen LogP contribution is 2.38. The zero-order valence-corrected chi connectivity index (χ0v) is 17.6. The normalized spacial score (nSPS) is 17.0. The molecule has 0 aliphatic carbocycles. The molecule has 1 aromatic carbocycles. The van der Waals surface area contributed by atoms with Gasteiger partial charge < -0.3 is 15.1 Å². The number of hydrogen-bond donors (Lipinski definition) is 3. The average Bonchev–Trinajstić information content (AvgIpc) is 3.14. The summed E-state index contributed by atoms with van der Waals surface area (Å²) in [5.41, 5.74) is -0.386. The number of aliphatic hydroxyl groups excluding tert-OH is 2. The van der Waals surface area contributed by atoms with Crippen LogP contribution in [0.4, 0.5) is 18.7 Å². The lowest BCUT2D eigenvalue weighted by atomic mass is 9.89. The average molecular weight is 448 g/mol. The third-order valence-electron chi connectivity index (χ3n) is 5.45. The van der Waals surface area contributed by atoms with E-state index in [1.807, 2.05) is 25.1 Å². The molecular weight excluding hydrogens is 426 g/mol. The number of aliphatic hydroxyl groups is 2. The van der Waals surface area contributed by atoms with E-state index in [9.17, 15) is 14.3 Å². The maximum atomic E-state index is 15.4. The number of carbonyl (C=O) groups excluding carboxylic acids is 1. The number of hydrogen-bond acceptors (Lipinski definition) is 6. The maximum absolute atomic E-state index is 15.4. The smallest absolute Gasteiger partial charge is 0.323 e. The Bertz CT molecular complexity index is 1120. The molecule has 0 unspecified atom stereocenters. The fourth-order valence-electron chi connectivity index (χ4n) is 3.63. The van der Waals surface area contributed by atoms with Gasteiger partial charge in [-0.2, -0.15) is 0 Å². The van der Waals surface area contributed by atoms with Crippen molar-refractivity contribution in [2.24, 2.45) is 0 Å². The Balaban J connectivity index is 1.41. The topological polar surface area (TPSA) is 98.6 Å². The van der Waals surface area contributed by atoms with Crippen molar-refractivity contribution >= 4 is 32.7 Å². The number of carbonyl (C=O) groups is 1. The van der Waals surface area contributed by atoms with Gasteiger partial charge in [-0.25, -0.2) is 18.6 Å². The molecule has 0 spiro atoms. The van der Waals surface area contributed by atoms with Gasteiger partial charge in [0.2, 0.25) is 0 Å². The molecule has 31 heavy (non-hydrogen) atoms. The Morgan fingerprint density at radius 1 is 1.35 bits per heavy atom. The van der Waals surface area contributed by atoms with Crippen LogP contribution in [0.5, 0.6) is 0 Å². The second kappa shape index (κ2) is 8.45. The largest absolute Gasteiger partial charge is 0.393 e. The summed E-state index contributed by atoms with van der Waals surface area (Å²) in [5.74, 6) is -0.879. The molecule has 164 valence electrons. The van der Waals surface area contributed by atoms with Crippen molar-refractivity contribution in [3.05, 3.63) is 53.1 Å². The summed E-state index contributed by atoms with van der Waals surface area (Å²) in [4.78, 5) is 22.3. The van der Waals surface area contributed by atoms with Gasteiger partial charge in [0.05, 0.1) is 16.8 Å². The van der Waals surface area contributed by atoms with Gasteiger partial charge in [0.1, 0.15) is 17.6 Å². The highest BCUT2D eigenvalue weighted by atomic mass is 32.1. The molecule has 3 heterocycles. The Hall–Kier alpha value is -2.69. The molecule has 1 atom stereocenters. The van der Waals surface area contributed by atoms with Gasteiger partial charge in [-0.05, 0) is 30.7 Å². The lowest BCUT2D eigenvalue weighted by Gasteiger charge is -2.36. The first-order valence-electron chi connectivity index (χ1n) is 9.86. The van der Waals surface area contributed by atoms with Crippen molar-refractivity contribution in [3.8, 4) is 0 Å². The number of urea groups is 1. The van der Waals surface area contributed by atoms with E-state index < -0.39 is 24.2 Å². The first-order chi connectivity index (χ1) is 14.8. The zero-order chi connectivity index (χ0) is 22.2. The summed E-state index contributed by atoms with van der Waals surface area (Å²) in [6.45, 7) is 1.58.